The third-order valence-electron chi connectivity index (χ3n) is 6.33. The highest BCUT2D eigenvalue weighted by molar-refractivity contribution is 7.89. The first kappa shape index (κ1) is 25.0. The molecule has 0 spiro atoms. The molecule has 2 aliphatic rings. The zero-order valence-electron chi connectivity index (χ0n) is 18.9. The van der Waals surface area contributed by atoms with Crippen molar-refractivity contribution in [3.8, 4) is 0 Å². The number of alkyl halides is 3. The standard InChI is InChI=1S/C22H27F3N6O3S/c23-22(24,25)16-1-6-20(27-15-16)28-17-7-9-31(10-8-17)35(33,34)19-4-2-18(3-5-19)29-11-13-30(14-12-29)21(26)32/h1-6,15,17H,7-14H2,(H2,26,32)(H,27,28). The summed E-state index contributed by atoms with van der Waals surface area (Å²) in [6.07, 6.45) is -2.65. The van der Waals surface area contributed by atoms with Gasteiger partial charge in [0.2, 0.25) is 10.0 Å². The predicted octanol–water partition coefficient (Wildman–Crippen LogP) is 2.57. The summed E-state index contributed by atoms with van der Waals surface area (Å²) in [4.78, 5) is 18.9. The lowest BCUT2D eigenvalue weighted by atomic mass is 10.1. The van der Waals surface area contributed by atoms with Crippen molar-refractivity contribution in [1.29, 1.82) is 0 Å². The largest absolute Gasteiger partial charge is 0.417 e. The number of benzene rings is 1. The number of hydrogen-bond donors (Lipinski definition) is 2. The fourth-order valence-electron chi connectivity index (χ4n) is 4.26. The minimum atomic E-state index is -4.44. The first-order valence-corrected chi connectivity index (χ1v) is 12.7. The molecule has 13 heteroatoms. The third kappa shape index (κ3) is 5.78. The van der Waals surface area contributed by atoms with Gasteiger partial charge in [-0.05, 0) is 49.2 Å². The molecule has 0 radical (unpaired) electrons. The van der Waals surface area contributed by atoms with E-state index in [1.165, 1.54) is 10.4 Å². The minimum absolute atomic E-state index is 0.0906. The first-order valence-electron chi connectivity index (χ1n) is 11.2. The van der Waals surface area contributed by atoms with Gasteiger partial charge in [-0.3, -0.25) is 0 Å². The molecule has 2 saturated heterocycles. The molecule has 0 unspecified atom stereocenters. The van der Waals surface area contributed by atoms with Gasteiger partial charge in [0.1, 0.15) is 5.82 Å². The van der Waals surface area contributed by atoms with Crippen molar-refractivity contribution in [3.05, 3.63) is 48.2 Å². The SMILES string of the molecule is NC(=O)N1CCN(c2ccc(S(=O)(=O)N3CCC(Nc4ccc(C(F)(F)F)cn4)CC3)cc2)CC1. The molecule has 2 aliphatic heterocycles. The number of urea groups is 1. The van der Waals surface area contributed by atoms with Gasteiger partial charge in [-0.1, -0.05) is 0 Å². The number of halogens is 3. The Morgan fingerprint density at radius 2 is 1.60 bits per heavy atom. The Hall–Kier alpha value is -3.06. The Bertz CT molecular complexity index is 1130. The van der Waals surface area contributed by atoms with Crippen LogP contribution in [0.3, 0.4) is 0 Å². The monoisotopic (exact) mass is 512 g/mol. The minimum Gasteiger partial charge on any atom is -0.368 e. The first-order chi connectivity index (χ1) is 16.5. The average Bonchev–Trinajstić information content (AvgIpc) is 2.84. The molecule has 2 fully saturated rings. The van der Waals surface area contributed by atoms with Crippen LogP contribution in [-0.4, -0.2) is 73.9 Å². The number of aromatic nitrogens is 1. The van der Waals surface area contributed by atoms with Gasteiger partial charge < -0.3 is 20.9 Å². The number of piperazine rings is 1. The molecule has 2 aromatic rings. The van der Waals surface area contributed by atoms with E-state index >= 15 is 0 Å². The summed E-state index contributed by atoms with van der Waals surface area (Å²) in [5.41, 5.74) is 5.37. The van der Waals surface area contributed by atoms with E-state index < -0.39 is 27.8 Å². The number of carbonyl (C=O) groups is 1. The molecule has 9 nitrogen and oxygen atoms in total. The van der Waals surface area contributed by atoms with E-state index in [1.807, 2.05) is 0 Å². The van der Waals surface area contributed by atoms with Gasteiger partial charge in [-0.25, -0.2) is 18.2 Å². The van der Waals surface area contributed by atoms with Crippen LogP contribution in [0.25, 0.3) is 0 Å². The normalized spacial score (nSPS) is 18.5. The molecule has 0 aliphatic carbocycles. The Labute approximate surface area is 201 Å². The van der Waals surface area contributed by atoms with E-state index in [1.54, 1.807) is 29.2 Å². The number of anilines is 2. The van der Waals surface area contributed by atoms with Gasteiger partial charge in [0.25, 0.3) is 0 Å². The van der Waals surface area contributed by atoms with Gasteiger partial charge in [0.05, 0.1) is 10.5 Å². The van der Waals surface area contributed by atoms with Crippen molar-refractivity contribution < 1.29 is 26.4 Å². The van der Waals surface area contributed by atoms with Crippen LogP contribution in [0, 0.1) is 0 Å². The number of primary amides is 1. The highest BCUT2D eigenvalue weighted by atomic mass is 32.2. The maximum absolute atomic E-state index is 13.1. The number of nitrogens with two attached hydrogens (primary N) is 1. The Balaban J connectivity index is 1.32. The number of pyridine rings is 1. The molecule has 0 atom stereocenters. The zero-order chi connectivity index (χ0) is 25.2. The quantitative estimate of drug-likeness (QED) is 0.637. The summed E-state index contributed by atoms with van der Waals surface area (Å²) in [6, 6.07) is 8.41. The molecule has 0 bridgehead atoms. The second-order valence-corrected chi connectivity index (χ2v) is 10.5. The molecule has 35 heavy (non-hydrogen) atoms. The fraction of sp³-hybridized carbons (Fsp3) is 0.455. The van der Waals surface area contributed by atoms with Crippen molar-refractivity contribution in [3.63, 3.8) is 0 Å². The molecular weight excluding hydrogens is 485 g/mol. The fourth-order valence-corrected chi connectivity index (χ4v) is 5.73. The number of hydrogen-bond acceptors (Lipinski definition) is 6. The molecule has 4 rings (SSSR count). The van der Waals surface area contributed by atoms with Crippen LogP contribution in [0.4, 0.5) is 29.5 Å². The maximum atomic E-state index is 13.1. The van der Waals surface area contributed by atoms with Crippen molar-refractivity contribution in [2.24, 2.45) is 5.73 Å². The highest BCUT2D eigenvalue weighted by Gasteiger charge is 2.32. The van der Waals surface area contributed by atoms with Gasteiger partial charge in [0, 0.05) is 57.2 Å². The Kier molecular flexibility index (Phi) is 7.08. The molecular formula is C22H27F3N6O3S. The molecule has 1 aromatic heterocycles. The smallest absolute Gasteiger partial charge is 0.368 e. The van der Waals surface area contributed by atoms with E-state index in [2.05, 4.69) is 15.2 Å². The van der Waals surface area contributed by atoms with Crippen LogP contribution >= 0.6 is 0 Å². The zero-order valence-corrected chi connectivity index (χ0v) is 19.7. The lowest BCUT2D eigenvalue weighted by Gasteiger charge is -2.35. The number of nitrogens with zero attached hydrogens (tertiary/aromatic N) is 4. The summed E-state index contributed by atoms with van der Waals surface area (Å²) >= 11 is 0. The number of rotatable bonds is 5. The van der Waals surface area contributed by atoms with E-state index in [-0.39, 0.29) is 24.0 Å². The van der Waals surface area contributed by atoms with E-state index in [9.17, 15) is 26.4 Å². The lowest BCUT2D eigenvalue weighted by Crippen LogP contribution is -2.50. The van der Waals surface area contributed by atoms with E-state index in [4.69, 9.17) is 5.73 Å². The summed E-state index contributed by atoms with van der Waals surface area (Å²) in [6.45, 7) is 2.84. The molecule has 1 aromatic carbocycles. The van der Waals surface area contributed by atoms with E-state index in [0.717, 1.165) is 18.0 Å². The third-order valence-corrected chi connectivity index (χ3v) is 8.24. The second-order valence-electron chi connectivity index (χ2n) is 8.56. The number of nitrogens with one attached hydrogen (secondary N) is 1. The number of sulfonamides is 1. The number of piperidine rings is 1. The highest BCUT2D eigenvalue weighted by Crippen LogP contribution is 2.29. The van der Waals surface area contributed by atoms with Crippen LogP contribution in [-0.2, 0) is 16.2 Å². The maximum Gasteiger partial charge on any atom is 0.417 e. The molecule has 2 amide bonds. The van der Waals surface area contributed by atoms with Crippen LogP contribution in [0.2, 0.25) is 0 Å². The topological polar surface area (TPSA) is 112 Å². The van der Waals surface area contributed by atoms with Gasteiger partial charge in [0.15, 0.2) is 0 Å². The van der Waals surface area contributed by atoms with Gasteiger partial charge >= 0.3 is 12.2 Å². The summed E-state index contributed by atoms with van der Waals surface area (Å²) in [5.74, 6) is 0.326. The average molecular weight is 513 g/mol. The predicted molar refractivity (Wildman–Crippen MR) is 124 cm³/mol. The van der Waals surface area contributed by atoms with Gasteiger partial charge in [-0.15, -0.1) is 0 Å². The molecule has 0 saturated carbocycles. The summed E-state index contributed by atoms with van der Waals surface area (Å²) in [7, 11) is -3.67. The van der Waals surface area contributed by atoms with Crippen LogP contribution in [0.1, 0.15) is 18.4 Å². The molecule has 3 N–H and O–H groups in total. The van der Waals surface area contributed by atoms with Crippen LogP contribution < -0.4 is 16.0 Å². The lowest BCUT2D eigenvalue weighted by molar-refractivity contribution is -0.137. The van der Waals surface area contributed by atoms with Crippen molar-refractivity contribution in [1.82, 2.24) is 14.2 Å². The Morgan fingerprint density at radius 1 is 0.971 bits per heavy atom. The van der Waals surface area contributed by atoms with Crippen molar-refractivity contribution in [2.75, 3.05) is 49.5 Å². The molecule has 190 valence electrons. The van der Waals surface area contributed by atoms with E-state index in [0.29, 0.717) is 44.8 Å². The van der Waals surface area contributed by atoms with Crippen molar-refractivity contribution in [2.45, 2.75) is 30.0 Å². The summed E-state index contributed by atoms with van der Waals surface area (Å²) < 4.78 is 65.7. The van der Waals surface area contributed by atoms with Crippen LogP contribution in [0.5, 0.6) is 0 Å². The number of amides is 2. The second kappa shape index (κ2) is 9.90. The van der Waals surface area contributed by atoms with Gasteiger partial charge in [-0.2, -0.15) is 17.5 Å². The Morgan fingerprint density at radius 3 is 2.11 bits per heavy atom. The van der Waals surface area contributed by atoms with Crippen LogP contribution in [0.15, 0.2) is 47.5 Å². The molecule has 3 heterocycles. The van der Waals surface area contributed by atoms with Crippen molar-refractivity contribution >= 4 is 27.6 Å². The summed E-state index contributed by atoms with van der Waals surface area (Å²) in [5, 5.41) is 3.09. The number of carbonyl (C=O) groups excluding carboxylic acids is 1.